The van der Waals surface area contributed by atoms with Crippen molar-refractivity contribution >= 4 is 5.91 Å². The molecule has 2 aromatic carbocycles. The standard InChI is InChI=1S/C30H33FN6O2/c1-16-26(17(2)37(3)36-16)19-10-13-21(22(14-19)18-8-11-20(32)12-9-18)23-15-34-30(35-28(23)29(33)38)27-24(31)6-5-7-25(27)39-4/h5-7,10,13-15,18,20H,8-9,11-12,32H2,1-4H3,(H2,33,38)/t18-,20+. The van der Waals surface area contributed by atoms with E-state index in [1.165, 1.54) is 19.2 Å². The summed E-state index contributed by atoms with van der Waals surface area (Å²) >= 11 is 0. The molecule has 5 rings (SSSR count). The number of aryl methyl sites for hydroxylation is 2. The zero-order valence-electron chi connectivity index (χ0n) is 22.7. The van der Waals surface area contributed by atoms with Crippen LogP contribution in [0.3, 0.4) is 0 Å². The average Bonchev–Trinajstić information content (AvgIpc) is 3.18. The molecule has 0 atom stereocenters. The van der Waals surface area contributed by atoms with Crippen molar-refractivity contribution in [2.24, 2.45) is 18.5 Å². The summed E-state index contributed by atoms with van der Waals surface area (Å²) in [7, 11) is 3.38. The third-order valence-corrected chi connectivity index (χ3v) is 7.79. The van der Waals surface area contributed by atoms with Crippen LogP contribution in [0, 0.1) is 19.7 Å². The minimum Gasteiger partial charge on any atom is -0.496 e. The lowest BCUT2D eigenvalue weighted by atomic mass is 9.78. The van der Waals surface area contributed by atoms with Gasteiger partial charge in [-0.1, -0.05) is 24.3 Å². The van der Waals surface area contributed by atoms with Crippen LogP contribution in [0.15, 0.2) is 42.6 Å². The maximum absolute atomic E-state index is 14.8. The van der Waals surface area contributed by atoms with Crippen LogP contribution in [0.4, 0.5) is 4.39 Å². The van der Waals surface area contributed by atoms with Gasteiger partial charge >= 0.3 is 0 Å². The van der Waals surface area contributed by atoms with Crippen LogP contribution in [0.1, 0.15) is 59.0 Å². The minimum atomic E-state index is -0.719. The molecular weight excluding hydrogens is 495 g/mol. The predicted octanol–water partition coefficient (Wildman–Crippen LogP) is 5.06. The lowest BCUT2D eigenvalue weighted by Gasteiger charge is -2.28. The molecule has 4 N–H and O–H groups in total. The number of nitrogens with two attached hydrogens (primary N) is 2. The Balaban J connectivity index is 1.69. The summed E-state index contributed by atoms with van der Waals surface area (Å²) in [5.74, 6) is -0.731. The summed E-state index contributed by atoms with van der Waals surface area (Å²) in [6.45, 7) is 4.06. The molecule has 8 nitrogen and oxygen atoms in total. The molecule has 1 aliphatic carbocycles. The van der Waals surface area contributed by atoms with Crippen molar-refractivity contribution < 1.29 is 13.9 Å². The summed E-state index contributed by atoms with van der Waals surface area (Å²) in [6.07, 6.45) is 5.26. The van der Waals surface area contributed by atoms with Crippen molar-refractivity contribution in [3.8, 4) is 39.4 Å². The van der Waals surface area contributed by atoms with Crippen molar-refractivity contribution in [2.75, 3.05) is 7.11 Å². The molecule has 9 heteroatoms. The Morgan fingerprint density at radius 3 is 2.46 bits per heavy atom. The first-order chi connectivity index (χ1) is 18.7. The summed E-state index contributed by atoms with van der Waals surface area (Å²) in [5.41, 5.74) is 18.8. The van der Waals surface area contributed by atoms with Crippen molar-refractivity contribution in [3.05, 3.63) is 71.1 Å². The van der Waals surface area contributed by atoms with Gasteiger partial charge in [0, 0.05) is 36.1 Å². The van der Waals surface area contributed by atoms with Crippen molar-refractivity contribution in [2.45, 2.75) is 51.5 Å². The number of benzene rings is 2. The second kappa shape index (κ2) is 10.6. The molecule has 0 radical (unpaired) electrons. The molecule has 0 spiro atoms. The highest BCUT2D eigenvalue weighted by Crippen LogP contribution is 2.42. The van der Waals surface area contributed by atoms with E-state index in [2.05, 4.69) is 28.1 Å². The van der Waals surface area contributed by atoms with Gasteiger partial charge in [0.05, 0.1) is 18.4 Å². The SMILES string of the molecule is COc1cccc(F)c1-c1ncc(-c2ccc(-c3c(C)nn(C)c3C)cc2[C@H]2CC[C@@H](N)CC2)c(C(N)=O)n1. The smallest absolute Gasteiger partial charge is 0.268 e. The Morgan fingerprint density at radius 2 is 1.82 bits per heavy atom. The first kappa shape index (κ1) is 26.5. The third kappa shape index (κ3) is 4.90. The molecule has 4 aromatic rings. The highest BCUT2D eigenvalue weighted by molar-refractivity contribution is 5.99. The molecule has 0 unspecified atom stereocenters. The Kier molecular flexibility index (Phi) is 7.18. The summed E-state index contributed by atoms with van der Waals surface area (Å²) in [4.78, 5) is 21.6. The van der Waals surface area contributed by atoms with Gasteiger partial charge in [-0.3, -0.25) is 9.48 Å². The van der Waals surface area contributed by atoms with E-state index < -0.39 is 11.7 Å². The number of carbonyl (C=O) groups is 1. The maximum atomic E-state index is 14.8. The lowest BCUT2D eigenvalue weighted by Crippen LogP contribution is -2.26. The van der Waals surface area contributed by atoms with E-state index in [4.69, 9.17) is 16.2 Å². The second-order valence-corrected chi connectivity index (χ2v) is 10.2. The first-order valence-corrected chi connectivity index (χ1v) is 13.1. The van der Waals surface area contributed by atoms with Gasteiger partial charge in [0.25, 0.3) is 5.91 Å². The van der Waals surface area contributed by atoms with Crippen LogP contribution in [0.2, 0.25) is 0 Å². The molecule has 0 aliphatic heterocycles. The molecule has 2 aromatic heterocycles. The van der Waals surface area contributed by atoms with E-state index in [1.807, 2.05) is 30.8 Å². The van der Waals surface area contributed by atoms with Crippen LogP contribution in [-0.2, 0) is 7.05 Å². The van der Waals surface area contributed by atoms with Gasteiger partial charge in [-0.2, -0.15) is 5.10 Å². The van der Waals surface area contributed by atoms with Gasteiger partial charge < -0.3 is 16.2 Å². The Labute approximate surface area is 227 Å². The van der Waals surface area contributed by atoms with Gasteiger partial charge in [-0.05, 0) is 74.3 Å². The van der Waals surface area contributed by atoms with Crippen molar-refractivity contribution in [1.29, 1.82) is 0 Å². The second-order valence-electron chi connectivity index (χ2n) is 10.2. The number of halogens is 1. The third-order valence-electron chi connectivity index (χ3n) is 7.79. The van der Waals surface area contributed by atoms with Crippen LogP contribution in [0.25, 0.3) is 33.6 Å². The molecule has 1 fully saturated rings. The van der Waals surface area contributed by atoms with Gasteiger partial charge in [-0.25, -0.2) is 14.4 Å². The Bertz CT molecular complexity index is 1560. The fourth-order valence-corrected chi connectivity index (χ4v) is 5.70. The maximum Gasteiger partial charge on any atom is 0.268 e. The molecular formula is C30H33FN6O2. The van der Waals surface area contributed by atoms with E-state index in [1.54, 1.807) is 12.3 Å². The van der Waals surface area contributed by atoms with Gasteiger partial charge in [-0.15, -0.1) is 0 Å². The number of rotatable bonds is 6. The summed E-state index contributed by atoms with van der Waals surface area (Å²) < 4.78 is 22.0. The van der Waals surface area contributed by atoms with Gasteiger partial charge in [0.2, 0.25) is 0 Å². The number of primary amides is 1. The molecule has 0 bridgehead atoms. The molecule has 202 valence electrons. The van der Waals surface area contributed by atoms with E-state index in [9.17, 15) is 9.18 Å². The topological polar surface area (TPSA) is 122 Å². The number of carbonyl (C=O) groups excluding carboxylic acids is 1. The van der Waals surface area contributed by atoms with Crippen LogP contribution < -0.4 is 16.2 Å². The molecule has 2 heterocycles. The average molecular weight is 529 g/mol. The summed E-state index contributed by atoms with van der Waals surface area (Å²) in [5, 5.41) is 4.59. The van der Waals surface area contributed by atoms with E-state index >= 15 is 0 Å². The fourth-order valence-electron chi connectivity index (χ4n) is 5.70. The largest absolute Gasteiger partial charge is 0.496 e. The zero-order chi connectivity index (χ0) is 27.8. The predicted molar refractivity (Wildman–Crippen MR) is 149 cm³/mol. The fraction of sp³-hybridized carbons (Fsp3) is 0.333. The number of hydrogen-bond acceptors (Lipinski definition) is 6. The van der Waals surface area contributed by atoms with Crippen LogP contribution in [-0.4, -0.2) is 38.8 Å². The number of methoxy groups -OCH3 is 1. The monoisotopic (exact) mass is 528 g/mol. The number of hydrogen-bond donors (Lipinski definition) is 2. The minimum absolute atomic E-state index is 0.0283. The number of ether oxygens (including phenoxy) is 1. The molecule has 1 amide bonds. The number of aromatic nitrogens is 4. The quantitative estimate of drug-likeness (QED) is 0.361. The molecule has 39 heavy (non-hydrogen) atoms. The highest BCUT2D eigenvalue weighted by atomic mass is 19.1. The van der Waals surface area contributed by atoms with Gasteiger partial charge in [0.15, 0.2) is 5.82 Å². The van der Waals surface area contributed by atoms with E-state index in [0.29, 0.717) is 5.56 Å². The molecule has 1 saturated carbocycles. The summed E-state index contributed by atoms with van der Waals surface area (Å²) in [6, 6.07) is 10.9. The van der Waals surface area contributed by atoms with Crippen LogP contribution in [0.5, 0.6) is 5.75 Å². The number of nitrogens with zero attached hydrogens (tertiary/aromatic N) is 4. The molecule has 1 aliphatic rings. The van der Waals surface area contributed by atoms with Crippen LogP contribution >= 0.6 is 0 Å². The van der Waals surface area contributed by atoms with E-state index in [-0.39, 0.29) is 34.8 Å². The first-order valence-electron chi connectivity index (χ1n) is 13.1. The highest BCUT2D eigenvalue weighted by Gasteiger charge is 2.27. The van der Waals surface area contributed by atoms with Crippen molar-refractivity contribution in [3.63, 3.8) is 0 Å². The lowest BCUT2D eigenvalue weighted by molar-refractivity contribution is 0.0996. The number of amides is 1. The molecule has 0 saturated heterocycles. The Morgan fingerprint density at radius 1 is 1.08 bits per heavy atom. The van der Waals surface area contributed by atoms with E-state index in [0.717, 1.165) is 59.3 Å². The van der Waals surface area contributed by atoms with Crippen molar-refractivity contribution in [1.82, 2.24) is 19.7 Å². The normalized spacial score (nSPS) is 17.3. The zero-order valence-corrected chi connectivity index (χ0v) is 22.7. The van der Waals surface area contributed by atoms with Gasteiger partial charge in [0.1, 0.15) is 17.3 Å². The Hall–Kier alpha value is -4.11.